The summed E-state index contributed by atoms with van der Waals surface area (Å²) in [6.45, 7) is 0.550. The molecule has 4 nitrogen and oxygen atoms in total. The second-order valence-electron chi connectivity index (χ2n) is 1.73. The average Bonchev–Trinajstić information content (AvgIpc) is 2.14. The van der Waals surface area contributed by atoms with Gasteiger partial charge in [-0.2, -0.15) is 0 Å². The number of aliphatic hydroxyl groups is 1. The van der Waals surface area contributed by atoms with E-state index in [4.69, 9.17) is 5.11 Å². The minimum absolute atomic E-state index is 0.0126. The number of rotatable bonds is 1. The molecule has 1 aliphatic rings. The second kappa shape index (κ2) is 2.00. The lowest BCUT2D eigenvalue weighted by molar-refractivity contribution is 0.238. The van der Waals surface area contributed by atoms with Crippen LogP contribution in [0.2, 0.25) is 0 Å². The first-order chi connectivity index (χ1) is 3.83. The van der Waals surface area contributed by atoms with Crippen LogP contribution in [0.25, 0.3) is 0 Å². The van der Waals surface area contributed by atoms with E-state index in [1.165, 1.54) is 0 Å². The lowest BCUT2D eigenvalue weighted by Gasteiger charge is -1.99. The van der Waals surface area contributed by atoms with E-state index in [2.05, 4.69) is 10.6 Å². The summed E-state index contributed by atoms with van der Waals surface area (Å²) in [4.78, 5) is 10.3. The van der Waals surface area contributed by atoms with E-state index in [0.29, 0.717) is 6.54 Å². The van der Waals surface area contributed by atoms with Crippen molar-refractivity contribution in [1.29, 1.82) is 0 Å². The number of carbonyl (C=O) groups is 1. The fourth-order valence-electron chi connectivity index (χ4n) is 0.614. The molecule has 1 fully saturated rings. The van der Waals surface area contributed by atoms with Gasteiger partial charge in [0.15, 0.2) is 0 Å². The summed E-state index contributed by atoms with van der Waals surface area (Å²) in [6, 6.07) is -0.272. The van der Waals surface area contributed by atoms with Crippen LogP contribution in [0, 0.1) is 0 Å². The van der Waals surface area contributed by atoms with Crippen LogP contribution in [0.3, 0.4) is 0 Å². The zero-order chi connectivity index (χ0) is 5.98. The maximum atomic E-state index is 10.3. The van der Waals surface area contributed by atoms with Crippen LogP contribution in [0.15, 0.2) is 0 Å². The molecule has 0 aromatic rings. The molecule has 1 saturated heterocycles. The average molecular weight is 116 g/mol. The zero-order valence-electron chi connectivity index (χ0n) is 4.35. The summed E-state index contributed by atoms with van der Waals surface area (Å²) in [6.07, 6.45) is 0. The van der Waals surface area contributed by atoms with Gasteiger partial charge in [0.2, 0.25) is 0 Å². The van der Waals surface area contributed by atoms with Crippen LogP contribution < -0.4 is 10.6 Å². The molecular formula is C4H8N2O2. The molecule has 3 N–H and O–H groups in total. The van der Waals surface area contributed by atoms with Crippen molar-refractivity contribution < 1.29 is 9.90 Å². The van der Waals surface area contributed by atoms with Gasteiger partial charge in [-0.25, -0.2) is 4.79 Å². The second-order valence-corrected chi connectivity index (χ2v) is 1.73. The Morgan fingerprint density at radius 3 is 2.88 bits per heavy atom. The van der Waals surface area contributed by atoms with Crippen LogP contribution in [0.4, 0.5) is 4.79 Å². The highest BCUT2D eigenvalue weighted by atomic mass is 16.3. The van der Waals surface area contributed by atoms with Gasteiger partial charge in [-0.3, -0.25) is 0 Å². The van der Waals surface area contributed by atoms with Crippen LogP contribution in [0.5, 0.6) is 0 Å². The van der Waals surface area contributed by atoms with E-state index in [9.17, 15) is 4.79 Å². The number of hydrogen-bond acceptors (Lipinski definition) is 2. The normalized spacial score (nSPS) is 27.1. The van der Waals surface area contributed by atoms with Gasteiger partial charge in [0.05, 0.1) is 12.6 Å². The van der Waals surface area contributed by atoms with E-state index in [0.717, 1.165) is 0 Å². The van der Waals surface area contributed by atoms with Gasteiger partial charge in [0, 0.05) is 6.54 Å². The van der Waals surface area contributed by atoms with Crippen molar-refractivity contribution >= 4 is 6.03 Å². The van der Waals surface area contributed by atoms with Gasteiger partial charge in [0.25, 0.3) is 0 Å². The van der Waals surface area contributed by atoms with Crippen molar-refractivity contribution in [1.82, 2.24) is 10.6 Å². The highest BCUT2D eigenvalue weighted by Gasteiger charge is 2.17. The summed E-state index contributed by atoms with van der Waals surface area (Å²) in [5.41, 5.74) is 0. The van der Waals surface area contributed by atoms with E-state index in [1.54, 1.807) is 0 Å². The van der Waals surface area contributed by atoms with Crippen LogP contribution in [-0.4, -0.2) is 30.3 Å². The topological polar surface area (TPSA) is 61.4 Å². The monoisotopic (exact) mass is 116 g/mol. The van der Waals surface area contributed by atoms with Gasteiger partial charge in [-0.05, 0) is 0 Å². The van der Waals surface area contributed by atoms with Gasteiger partial charge in [-0.1, -0.05) is 0 Å². The molecule has 0 unspecified atom stereocenters. The molecule has 1 heterocycles. The Labute approximate surface area is 46.9 Å². The summed E-state index contributed by atoms with van der Waals surface area (Å²) in [5.74, 6) is 0. The van der Waals surface area contributed by atoms with Crippen molar-refractivity contribution in [2.24, 2.45) is 0 Å². The van der Waals surface area contributed by atoms with Crippen LogP contribution in [0.1, 0.15) is 0 Å². The van der Waals surface area contributed by atoms with Gasteiger partial charge in [-0.15, -0.1) is 0 Å². The minimum atomic E-state index is -0.191. The summed E-state index contributed by atoms with van der Waals surface area (Å²) >= 11 is 0. The fourth-order valence-corrected chi connectivity index (χ4v) is 0.614. The SMILES string of the molecule is O=C1NC[C@H](CO)N1. The third-order valence-electron chi connectivity index (χ3n) is 1.06. The molecule has 1 aliphatic heterocycles. The number of nitrogens with one attached hydrogen (secondary N) is 2. The standard InChI is InChI=1S/C4H8N2O2/c7-2-3-1-5-4(8)6-3/h3,7H,1-2H2,(H2,5,6,8)/t3-/m1/s1. The number of hydrogen-bond donors (Lipinski definition) is 3. The number of amides is 2. The molecule has 0 radical (unpaired) electrons. The Morgan fingerprint density at radius 2 is 2.62 bits per heavy atom. The van der Waals surface area contributed by atoms with Crippen molar-refractivity contribution in [3.63, 3.8) is 0 Å². The van der Waals surface area contributed by atoms with Crippen molar-refractivity contribution in [2.45, 2.75) is 6.04 Å². The molecule has 4 heteroatoms. The zero-order valence-corrected chi connectivity index (χ0v) is 4.35. The molecule has 0 aliphatic carbocycles. The third-order valence-corrected chi connectivity index (χ3v) is 1.06. The summed E-state index contributed by atoms with van der Waals surface area (Å²) in [7, 11) is 0. The first kappa shape index (κ1) is 5.37. The van der Waals surface area contributed by atoms with Crippen molar-refractivity contribution in [2.75, 3.05) is 13.2 Å². The van der Waals surface area contributed by atoms with E-state index >= 15 is 0 Å². The Balaban J connectivity index is 2.32. The number of aliphatic hydroxyl groups excluding tert-OH is 1. The fraction of sp³-hybridized carbons (Fsp3) is 0.750. The summed E-state index contributed by atoms with van der Waals surface area (Å²) in [5, 5.41) is 13.4. The van der Waals surface area contributed by atoms with Crippen LogP contribution in [-0.2, 0) is 0 Å². The molecule has 0 aromatic carbocycles. The number of urea groups is 1. The lowest BCUT2D eigenvalue weighted by atomic mass is 10.3. The molecule has 2 amide bonds. The molecule has 1 atom stereocenters. The quantitative estimate of drug-likeness (QED) is 0.397. The summed E-state index contributed by atoms with van der Waals surface area (Å²) < 4.78 is 0. The Morgan fingerprint density at radius 1 is 1.88 bits per heavy atom. The third kappa shape index (κ3) is 0.894. The highest BCUT2D eigenvalue weighted by Crippen LogP contribution is 1.86. The molecule has 1 rings (SSSR count). The molecule has 0 bridgehead atoms. The molecule has 46 valence electrons. The van der Waals surface area contributed by atoms with E-state index < -0.39 is 0 Å². The number of carbonyl (C=O) groups excluding carboxylic acids is 1. The molecule has 0 saturated carbocycles. The largest absolute Gasteiger partial charge is 0.394 e. The Hall–Kier alpha value is -0.770. The van der Waals surface area contributed by atoms with Crippen molar-refractivity contribution in [3.8, 4) is 0 Å². The Bertz CT molecular complexity index is 104. The Kier molecular flexibility index (Phi) is 1.34. The van der Waals surface area contributed by atoms with E-state index in [1.807, 2.05) is 0 Å². The van der Waals surface area contributed by atoms with Gasteiger partial charge in [0.1, 0.15) is 0 Å². The predicted octanol–water partition coefficient (Wildman–Crippen LogP) is -1.34. The first-order valence-electron chi connectivity index (χ1n) is 2.48. The molecule has 0 spiro atoms. The smallest absolute Gasteiger partial charge is 0.315 e. The van der Waals surface area contributed by atoms with Crippen molar-refractivity contribution in [3.05, 3.63) is 0 Å². The molecule has 0 aromatic heterocycles. The minimum Gasteiger partial charge on any atom is -0.394 e. The van der Waals surface area contributed by atoms with E-state index in [-0.39, 0.29) is 18.7 Å². The van der Waals surface area contributed by atoms with Gasteiger partial charge < -0.3 is 15.7 Å². The highest BCUT2D eigenvalue weighted by molar-refractivity contribution is 5.76. The maximum absolute atomic E-state index is 10.3. The predicted molar refractivity (Wildman–Crippen MR) is 27.4 cm³/mol. The molecule has 8 heavy (non-hydrogen) atoms. The van der Waals surface area contributed by atoms with Gasteiger partial charge >= 0.3 is 6.03 Å². The lowest BCUT2D eigenvalue weighted by Crippen LogP contribution is -2.29. The molecular weight excluding hydrogens is 108 g/mol. The first-order valence-corrected chi connectivity index (χ1v) is 2.48. The van der Waals surface area contributed by atoms with Crippen LogP contribution >= 0.6 is 0 Å². The maximum Gasteiger partial charge on any atom is 0.315 e.